The van der Waals surface area contributed by atoms with Crippen LogP contribution in [0.1, 0.15) is 68.3 Å². The van der Waals surface area contributed by atoms with Crippen LogP contribution in [-0.4, -0.2) is 133 Å². The summed E-state index contributed by atoms with van der Waals surface area (Å²) in [6.07, 6.45) is 8.28. The molecule has 3 aliphatic heterocycles. The molecule has 15 nitrogen and oxygen atoms in total. The number of piperazine rings is 1. The van der Waals surface area contributed by atoms with Gasteiger partial charge >= 0.3 is 0 Å². The van der Waals surface area contributed by atoms with E-state index in [1.54, 1.807) is 6.08 Å². The van der Waals surface area contributed by atoms with Gasteiger partial charge in [0.2, 0.25) is 17.7 Å². The third kappa shape index (κ3) is 12.6. The molecule has 0 saturated carbocycles. The van der Waals surface area contributed by atoms with E-state index >= 15 is 0 Å². The second-order valence-electron chi connectivity index (χ2n) is 15.4. The van der Waals surface area contributed by atoms with Gasteiger partial charge in [0.05, 0.1) is 6.04 Å². The minimum Gasteiger partial charge on any atom is -0.457 e. The number of carbonyl (C=O) groups is 4. The number of nitrogens with zero attached hydrogens (tertiary/aromatic N) is 5. The van der Waals surface area contributed by atoms with Crippen LogP contribution in [-0.2, 0) is 19.1 Å². The van der Waals surface area contributed by atoms with Crippen molar-refractivity contribution in [2.45, 2.75) is 57.9 Å². The van der Waals surface area contributed by atoms with Gasteiger partial charge in [-0.1, -0.05) is 24.3 Å². The lowest BCUT2D eigenvalue weighted by molar-refractivity contribution is -0.127. The van der Waals surface area contributed by atoms with Gasteiger partial charge in [-0.05, 0) is 81.3 Å². The normalized spacial score (nSPS) is 17.6. The van der Waals surface area contributed by atoms with E-state index in [0.29, 0.717) is 93.9 Å². The van der Waals surface area contributed by atoms with E-state index in [2.05, 4.69) is 25.8 Å². The average Bonchev–Trinajstić information content (AvgIpc) is 3.65. The van der Waals surface area contributed by atoms with Crippen molar-refractivity contribution in [2.24, 2.45) is 11.7 Å². The fourth-order valence-corrected chi connectivity index (χ4v) is 8.08. The minimum atomic E-state index is -0.523. The molecule has 15 heteroatoms. The fraction of sp³-hybridized carbons (Fsp3) is 0.523. The van der Waals surface area contributed by atoms with Crippen LogP contribution in [0.5, 0.6) is 11.5 Å². The van der Waals surface area contributed by atoms with E-state index in [4.69, 9.17) is 20.3 Å². The number of fused-ring (bicyclic) bond motifs is 1. The summed E-state index contributed by atoms with van der Waals surface area (Å²) in [5, 5.41) is 14.2. The number of nitrogens with one attached hydrogen (secondary N) is 3. The van der Waals surface area contributed by atoms with E-state index in [1.807, 2.05) is 77.2 Å². The fourth-order valence-electron chi connectivity index (χ4n) is 8.08. The summed E-state index contributed by atoms with van der Waals surface area (Å²) in [5.41, 5.74) is 7.68. The summed E-state index contributed by atoms with van der Waals surface area (Å²) in [5.74, 6) is 1.87. The predicted molar refractivity (Wildman–Crippen MR) is 227 cm³/mol. The summed E-state index contributed by atoms with van der Waals surface area (Å²) in [6, 6.07) is 17.2. The first-order valence-corrected chi connectivity index (χ1v) is 21.3. The van der Waals surface area contributed by atoms with Crippen molar-refractivity contribution < 1.29 is 28.7 Å². The Kier molecular flexibility index (Phi) is 16.3. The van der Waals surface area contributed by atoms with Crippen molar-refractivity contribution >= 4 is 29.4 Å². The number of benzene rings is 2. The van der Waals surface area contributed by atoms with Crippen LogP contribution in [0.2, 0.25) is 0 Å². The molecule has 4 amide bonds. The molecule has 5 N–H and O–H groups in total. The van der Waals surface area contributed by atoms with Crippen LogP contribution >= 0.6 is 0 Å². The lowest BCUT2D eigenvalue weighted by Crippen LogP contribution is -2.48. The molecule has 3 aromatic rings. The SMILES string of the molecule is CCOCCCNC(=O)CCCC(=O)NCCN1CCN(C/C=C/C(=O)N2CCC([C@@H]3CCNc4c(C(N)=O)c(-c5ccc(Oc6ccccc6)cc5)nn43)CC2)CC1. The molecule has 1 aromatic heterocycles. The molecule has 0 bridgehead atoms. The number of likely N-dealkylation sites (tertiary alicyclic amines) is 1. The molecule has 0 aliphatic carbocycles. The van der Waals surface area contributed by atoms with Crippen molar-refractivity contribution in [2.75, 3.05) is 90.5 Å². The molecular formula is C44H61N9O6. The van der Waals surface area contributed by atoms with Crippen LogP contribution in [0.25, 0.3) is 11.3 Å². The van der Waals surface area contributed by atoms with Crippen molar-refractivity contribution in [3.63, 3.8) is 0 Å². The zero-order valence-electron chi connectivity index (χ0n) is 34.4. The molecule has 1 atom stereocenters. The average molecular weight is 812 g/mol. The maximum atomic E-state index is 13.2. The highest BCUT2D eigenvalue weighted by Gasteiger charge is 2.36. The lowest BCUT2D eigenvalue weighted by Gasteiger charge is -2.38. The topological polar surface area (TPSA) is 176 Å². The van der Waals surface area contributed by atoms with Gasteiger partial charge in [-0.15, -0.1) is 0 Å². The number of hydrogen-bond acceptors (Lipinski definition) is 10. The molecule has 4 heterocycles. The number of nitrogens with two attached hydrogens (primary N) is 1. The Morgan fingerprint density at radius 3 is 2.22 bits per heavy atom. The Labute approximate surface area is 347 Å². The maximum absolute atomic E-state index is 13.2. The molecule has 2 aromatic carbocycles. The molecule has 3 aliphatic rings. The molecule has 0 unspecified atom stereocenters. The highest BCUT2D eigenvalue weighted by Crippen LogP contribution is 2.40. The van der Waals surface area contributed by atoms with Crippen LogP contribution in [0.15, 0.2) is 66.7 Å². The van der Waals surface area contributed by atoms with Crippen molar-refractivity contribution in [3.8, 4) is 22.8 Å². The second kappa shape index (κ2) is 22.2. The van der Waals surface area contributed by atoms with Gasteiger partial charge in [0.25, 0.3) is 5.91 Å². The van der Waals surface area contributed by atoms with Gasteiger partial charge in [0, 0.05) is 110 Å². The van der Waals surface area contributed by atoms with Crippen molar-refractivity contribution in [1.29, 1.82) is 0 Å². The number of primary amides is 1. The number of rotatable bonds is 20. The summed E-state index contributed by atoms with van der Waals surface area (Å²) < 4.78 is 13.2. The first-order valence-electron chi connectivity index (χ1n) is 21.3. The Morgan fingerprint density at radius 1 is 0.847 bits per heavy atom. The third-order valence-corrected chi connectivity index (χ3v) is 11.3. The number of para-hydroxylation sites is 1. The van der Waals surface area contributed by atoms with Crippen LogP contribution < -0.4 is 26.4 Å². The molecule has 2 fully saturated rings. The molecule has 0 radical (unpaired) electrons. The number of carbonyl (C=O) groups excluding carboxylic acids is 4. The summed E-state index contributed by atoms with van der Waals surface area (Å²) in [7, 11) is 0. The molecule has 6 rings (SSSR count). The number of ether oxygens (including phenoxy) is 2. The molecule has 59 heavy (non-hydrogen) atoms. The Bertz CT molecular complexity index is 1850. The number of amides is 4. The monoisotopic (exact) mass is 811 g/mol. The zero-order valence-corrected chi connectivity index (χ0v) is 34.4. The molecule has 2 saturated heterocycles. The van der Waals surface area contributed by atoms with E-state index < -0.39 is 5.91 Å². The number of anilines is 1. The van der Waals surface area contributed by atoms with E-state index in [9.17, 15) is 19.2 Å². The van der Waals surface area contributed by atoms with E-state index in [1.165, 1.54) is 0 Å². The van der Waals surface area contributed by atoms with Crippen molar-refractivity contribution in [3.05, 3.63) is 72.3 Å². The first-order chi connectivity index (χ1) is 28.8. The second-order valence-corrected chi connectivity index (χ2v) is 15.4. The summed E-state index contributed by atoms with van der Waals surface area (Å²) in [6.45, 7) is 11.6. The molecule has 0 spiro atoms. The van der Waals surface area contributed by atoms with Gasteiger partial charge in [-0.3, -0.25) is 29.0 Å². The molecule has 318 valence electrons. The Hall–Kier alpha value is -5.25. The van der Waals surface area contributed by atoms with Gasteiger partial charge in [0.15, 0.2) is 0 Å². The molecular weight excluding hydrogens is 751 g/mol. The Morgan fingerprint density at radius 2 is 1.53 bits per heavy atom. The minimum absolute atomic E-state index is 0.0218. The van der Waals surface area contributed by atoms with Gasteiger partial charge < -0.3 is 36.1 Å². The number of hydrogen-bond donors (Lipinski definition) is 4. The standard InChI is InChI=1S/C44H61N9O6/c1-2-58-32-8-21-46-38(54)11-6-12-39(55)47-23-27-51-30-28-50(29-31-51)24-7-13-40(56)52-25-19-33(20-26-52)37-18-22-48-44-41(43(45)57)42(49-53(37)44)34-14-16-36(17-15-34)59-35-9-4-3-5-10-35/h3-5,7,9-10,13-17,33,37,48H,2,6,8,11-12,18-32H2,1H3,(H2,45,57)(H,46,54)(H,47,55)/b13-7+/t37-/m0/s1. The number of aromatic nitrogens is 2. The lowest BCUT2D eigenvalue weighted by atomic mass is 9.87. The van der Waals surface area contributed by atoms with Gasteiger partial charge in [-0.25, -0.2) is 4.68 Å². The van der Waals surface area contributed by atoms with Gasteiger partial charge in [-0.2, -0.15) is 5.10 Å². The Balaban J connectivity index is 0.886. The third-order valence-electron chi connectivity index (χ3n) is 11.3. The quantitative estimate of drug-likeness (QED) is 0.0963. The maximum Gasteiger partial charge on any atom is 0.254 e. The predicted octanol–water partition coefficient (Wildman–Crippen LogP) is 4.04. The largest absolute Gasteiger partial charge is 0.457 e. The van der Waals surface area contributed by atoms with Crippen molar-refractivity contribution in [1.82, 2.24) is 35.1 Å². The summed E-state index contributed by atoms with van der Waals surface area (Å²) >= 11 is 0. The first kappa shape index (κ1) is 43.3. The van der Waals surface area contributed by atoms with Crippen LogP contribution in [0, 0.1) is 5.92 Å². The van der Waals surface area contributed by atoms with E-state index in [-0.39, 0.29) is 23.8 Å². The zero-order chi connectivity index (χ0) is 41.4. The van der Waals surface area contributed by atoms with Gasteiger partial charge in [0.1, 0.15) is 28.6 Å². The number of piperidine rings is 1. The highest BCUT2D eigenvalue weighted by molar-refractivity contribution is 6.04. The summed E-state index contributed by atoms with van der Waals surface area (Å²) in [4.78, 5) is 56.8. The smallest absolute Gasteiger partial charge is 0.254 e. The highest BCUT2D eigenvalue weighted by atomic mass is 16.5. The van der Waals surface area contributed by atoms with E-state index in [0.717, 1.165) is 76.3 Å². The van der Waals surface area contributed by atoms with Crippen LogP contribution in [0.3, 0.4) is 0 Å². The van der Waals surface area contributed by atoms with Crippen LogP contribution in [0.4, 0.5) is 5.82 Å².